The van der Waals surface area contributed by atoms with E-state index in [-0.39, 0.29) is 5.41 Å². The van der Waals surface area contributed by atoms with Crippen molar-refractivity contribution in [3.63, 3.8) is 0 Å². The normalized spacial score (nSPS) is 16.0. The molecule has 0 aliphatic heterocycles. The molecular formula is C26H40NSi+. The summed E-state index contributed by atoms with van der Waals surface area (Å²) >= 11 is 0. The Morgan fingerprint density at radius 1 is 1.04 bits per heavy atom. The van der Waals surface area contributed by atoms with Crippen LogP contribution < -0.4 is 9.75 Å². The molecule has 0 unspecified atom stereocenters. The average molecular weight is 395 g/mol. The second-order valence-corrected chi connectivity index (χ2v) is 16.1. The van der Waals surface area contributed by atoms with E-state index in [4.69, 9.17) is 0 Å². The van der Waals surface area contributed by atoms with Crippen LogP contribution in [0, 0.1) is 12.8 Å². The highest BCUT2D eigenvalue weighted by molar-refractivity contribution is 6.89. The SMILES string of the molecule is Cc1ccc(C(C)(C)C)cc1-c1cc([Si](C)(C)C)c(CC2CCCC2)c[n+]1C. The smallest absolute Gasteiger partial charge is 0.201 e. The van der Waals surface area contributed by atoms with Gasteiger partial charge >= 0.3 is 0 Å². The minimum atomic E-state index is -1.42. The number of hydrogen-bond acceptors (Lipinski definition) is 0. The van der Waals surface area contributed by atoms with E-state index in [1.54, 1.807) is 10.8 Å². The van der Waals surface area contributed by atoms with Crippen molar-refractivity contribution >= 4 is 13.3 Å². The summed E-state index contributed by atoms with van der Waals surface area (Å²) in [5, 5.41) is 1.66. The summed E-state index contributed by atoms with van der Waals surface area (Å²) in [5.74, 6) is 0.895. The van der Waals surface area contributed by atoms with E-state index in [2.05, 4.69) is 89.4 Å². The summed E-state index contributed by atoms with van der Waals surface area (Å²) in [5.41, 5.74) is 7.33. The van der Waals surface area contributed by atoms with Gasteiger partial charge in [0.05, 0.1) is 8.07 Å². The van der Waals surface area contributed by atoms with Crippen LogP contribution in [0.15, 0.2) is 30.5 Å². The molecule has 1 nitrogen and oxygen atoms in total. The van der Waals surface area contributed by atoms with Crippen LogP contribution in [-0.2, 0) is 18.9 Å². The second-order valence-electron chi connectivity index (χ2n) is 11.1. The third kappa shape index (κ3) is 4.59. The van der Waals surface area contributed by atoms with Crippen LogP contribution >= 0.6 is 0 Å². The molecule has 1 aliphatic carbocycles. The lowest BCUT2D eigenvalue weighted by Gasteiger charge is -2.23. The van der Waals surface area contributed by atoms with E-state index >= 15 is 0 Å². The number of rotatable bonds is 4. The molecule has 0 radical (unpaired) electrons. The average Bonchev–Trinajstić information content (AvgIpc) is 3.06. The highest BCUT2D eigenvalue weighted by atomic mass is 28.3. The van der Waals surface area contributed by atoms with Crippen molar-refractivity contribution in [1.82, 2.24) is 0 Å². The molecule has 0 saturated heterocycles. The first-order valence-electron chi connectivity index (χ1n) is 11.1. The first kappa shape index (κ1) is 21.3. The van der Waals surface area contributed by atoms with Crippen LogP contribution in [0.1, 0.15) is 63.1 Å². The van der Waals surface area contributed by atoms with E-state index in [1.165, 1.54) is 54.5 Å². The minimum Gasteiger partial charge on any atom is -0.201 e. The molecule has 0 bridgehead atoms. The van der Waals surface area contributed by atoms with Gasteiger partial charge in [-0.1, -0.05) is 78.2 Å². The molecule has 3 rings (SSSR count). The van der Waals surface area contributed by atoms with Crippen molar-refractivity contribution in [1.29, 1.82) is 0 Å². The number of aromatic nitrogens is 1. The van der Waals surface area contributed by atoms with Gasteiger partial charge in [-0.3, -0.25) is 0 Å². The topological polar surface area (TPSA) is 3.88 Å². The summed E-state index contributed by atoms with van der Waals surface area (Å²) in [4.78, 5) is 0. The number of nitrogens with zero attached hydrogens (tertiary/aromatic N) is 1. The number of pyridine rings is 1. The lowest BCUT2D eigenvalue weighted by atomic mass is 9.84. The van der Waals surface area contributed by atoms with Crippen LogP contribution in [0.3, 0.4) is 0 Å². The van der Waals surface area contributed by atoms with E-state index in [0.29, 0.717) is 0 Å². The molecule has 0 spiro atoms. The van der Waals surface area contributed by atoms with Gasteiger partial charge in [0.25, 0.3) is 0 Å². The van der Waals surface area contributed by atoms with Crippen molar-refractivity contribution in [2.24, 2.45) is 13.0 Å². The van der Waals surface area contributed by atoms with Gasteiger partial charge in [0.1, 0.15) is 7.05 Å². The Hall–Kier alpha value is -1.41. The standard InChI is InChI=1S/C26H40NSi/c1-19-13-14-22(26(2,3)4)16-23(19)24-17-25(28(6,7)8)21(18-27(24)5)15-20-11-9-10-12-20/h13-14,16-18,20H,9-12,15H2,1-8H3/q+1. The van der Waals surface area contributed by atoms with E-state index in [1.807, 2.05) is 0 Å². The third-order valence-corrected chi connectivity index (χ3v) is 8.61. The van der Waals surface area contributed by atoms with Crippen molar-refractivity contribution in [2.75, 3.05) is 0 Å². The predicted molar refractivity (Wildman–Crippen MR) is 125 cm³/mol. The maximum absolute atomic E-state index is 2.55. The molecule has 1 heterocycles. The summed E-state index contributed by atoms with van der Waals surface area (Å²) in [7, 11) is 0.823. The predicted octanol–water partition coefficient (Wildman–Crippen LogP) is 6.06. The Kier molecular flexibility index (Phi) is 5.92. The second kappa shape index (κ2) is 7.78. The van der Waals surface area contributed by atoms with Gasteiger partial charge in [0.15, 0.2) is 6.20 Å². The summed E-state index contributed by atoms with van der Waals surface area (Å²) in [6.45, 7) is 16.7. The van der Waals surface area contributed by atoms with Gasteiger partial charge < -0.3 is 0 Å². The van der Waals surface area contributed by atoms with Gasteiger partial charge in [-0.25, -0.2) is 4.57 Å². The Morgan fingerprint density at radius 3 is 2.25 bits per heavy atom. The highest BCUT2D eigenvalue weighted by Gasteiger charge is 2.28. The van der Waals surface area contributed by atoms with Gasteiger partial charge in [-0.15, -0.1) is 0 Å². The van der Waals surface area contributed by atoms with Crippen molar-refractivity contribution in [2.45, 2.75) is 84.9 Å². The van der Waals surface area contributed by atoms with E-state index < -0.39 is 8.07 Å². The zero-order valence-corrected chi connectivity index (χ0v) is 20.4. The molecule has 0 atom stereocenters. The summed E-state index contributed by atoms with van der Waals surface area (Å²) in [6, 6.07) is 9.57. The maximum atomic E-state index is 2.55. The zero-order valence-electron chi connectivity index (χ0n) is 19.4. The molecule has 1 aliphatic rings. The van der Waals surface area contributed by atoms with Crippen molar-refractivity contribution in [3.05, 3.63) is 47.2 Å². The van der Waals surface area contributed by atoms with Crippen LogP contribution in [-0.4, -0.2) is 8.07 Å². The Morgan fingerprint density at radius 2 is 1.68 bits per heavy atom. The molecule has 2 aromatic rings. The van der Waals surface area contributed by atoms with Gasteiger partial charge in [0, 0.05) is 17.2 Å². The van der Waals surface area contributed by atoms with E-state index in [0.717, 1.165) is 5.92 Å². The zero-order chi connectivity index (χ0) is 20.7. The molecule has 152 valence electrons. The number of hydrogen-bond donors (Lipinski definition) is 0. The monoisotopic (exact) mass is 394 g/mol. The Balaban J connectivity index is 2.12. The molecule has 1 saturated carbocycles. The fourth-order valence-corrected chi connectivity index (χ4v) is 6.42. The first-order valence-corrected chi connectivity index (χ1v) is 14.6. The largest absolute Gasteiger partial charge is 0.212 e. The highest BCUT2D eigenvalue weighted by Crippen LogP contribution is 2.31. The maximum Gasteiger partial charge on any atom is 0.212 e. The fraction of sp³-hybridized carbons (Fsp3) is 0.577. The molecule has 1 aromatic carbocycles. The lowest BCUT2D eigenvalue weighted by Crippen LogP contribution is -2.45. The lowest BCUT2D eigenvalue weighted by molar-refractivity contribution is -0.660. The Labute approximate surface area is 174 Å². The Bertz CT molecular complexity index is 846. The summed E-state index contributed by atoms with van der Waals surface area (Å²) < 4.78 is 2.39. The molecule has 2 heteroatoms. The van der Waals surface area contributed by atoms with Crippen molar-refractivity contribution in [3.8, 4) is 11.3 Å². The summed E-state index contributed by atoms with van der Waals surface area (Å²) in [6.07, 6.45) is 9.43. The van der Waals surface area contributed by atoms with Crippen LogP contribution in [0.5, 0.6) is 0 Å². The minimum absolute atomic E-state index is 0.172. The third-order valence-electron chi connectivity index (χ3n) is 6.53. The first-order chi connectivity index (χ1) is 13.0. The quantitative estimate of drug-likeness (QED) is 0.438. The molecule has 28 heavy (non-hydrogen) atoms. The fourth-order valence-electron chi connectivity index (χ4n) is 4.72. The molecule has 1 fully saturated rings. The number of benzene rings is 1. The molecule has 1 aromatic heterocycles. The van der Waals surface area contributed by atoms with E-state index in [9.17, 15) is 0 Å². The van der Waals surface area contributed by atoms with Gasteiger partial charge in [0.2, 0.25) is 5.69 Å². The van der Waals surface area contributed by atoms with Crippen molar-refractivity contribution < 1.29 is 4.57 Å². The van der Waals surface area contributed by atoms with Crippen LogP contribution in [0.2, 0.25) is 19.6 Å². The van der Waals surface area contributed by atoms with Gasteiger partial charge in [-0.2, -0.15) is 0 Å². The number of aryl methyl sites for hydroxylation is 2. The van der Waals surface area contributed by atoms with Gasteiger partial charge in [-0.05, 0) is 47.1 Å². The molecular weight excluding hydrogens is 354 g/mol. The van der Waals surface area contributed by atoms with Crippen LogP contribution in [0.4, 0.5) is 0 Å². The van der Waals surface area contributed by atoms with Crippen LogP contribution in [0.25, 0.3) is 11.3 Å². The molecule has 0 amide bonds. The molecule has 0 N–H and O–H groups in total.